The van der Waals surface area contributed by atoms with Gasteiger partial charge in [0.25, 0.3) is 5.91 Å². The largest absolute Gasteiger partial charge is 0.497 e. The first-order chi connectivity index (χ1) is 10.1. The van der Waals surface area contributed by atoms with Crippen LogP contribution in [-0.4, -0.2) is 19.6 Å². The van der Waals surface area contributed by atoms with Crippen molar-refractivity contribution in [2.24, 2.45) is 0 Å². The number of benzene rings is 2. The summed E-state index contributed by atoms with van der Waals surface area (Å²) >= 11 is 0. The third kappa shape index (κ3) is 4.14. The second-order valence-corrected chi connectivity index (χ2v) is 4.61. The Labute approximate surface area is 123 Å². The summed E-state index contributed by atoms with van der Waals surface area (Å²) in [6.45, 7) is 1.84. The number of hydrogen-bond acceptors (Lipinski definition) is 4. The molecule has 0 saturated heterocycles. The number of rotatable bonds is 5. The van der Waals surface area contributed by atoms with Crippen molar-refractivity contribution in [1.29, 1.82) is 0 Å². The van der Waals surface area contributed by atoms with Gasteiger partial charge in [-0.2, -0.15) is 0 Å². The molecule has 2 aromatic carbocycles. The fraction of sp³-hybridized carbons (Fsp3) is 0.188. The number of hydrogen-bond donors (Lipinski definition) is 2. The lowest BCUT2D eigenvalue weighted by Crippen LogP contribution is -2.20. The normalized spacial score (nSPS) is 10.0. The number of carbonyl (C=O) groups is 1. The lowest BCUT2D eigenvalue weighted by atomic mass is 10.2. The first-order valence-electron chi connectivity index (χ1n) is 6.51. The maximum Gasteiger partial charge on any atom is 0.262 e. The number of nitrogens with one attached hydrogen (secondary N) is 1. The number of methoxy groups -OCH3 is 1. The molecule has 0 atom stereocenters. The topological polar surface area (TPSA) is 73.6 Å². The molecule has 0 aliphatic heterocycles. The van der Waals surface area contributed by atoms with E-state index in [1.54, 1.807) is 43.5 Å². The number of carbonyl (C=O) groups excluding carboxylic acids is 1. The standard InChI is InChI=1S/C16H18N2O3/c1-11-3-8-15(14(17)9-11)21-10-16(19)18-12-4-6-13(20-2)7-5-12/h3-9H,10,17H2,1-2H3,(H,18,19). The van der Waals surface area contributed by atoms with Gasteiger partial charge in [-0.1, -0.05) is 6.07 Å². The van der Waals surface area contributed by atoms with E-state index < -0.39 is 0 Å². The van der Waals surface area contributed by atoms with E-state index in [9.17, 15) is 4.79 Å². The highest BCUT2D eigenvalue weighted by atomic mass is 16.5. The highest BCUT2D eigenvalue weighted by Crippen LogP contribution is 2.22. The van der Waals surface area contributed by atoms with Crippen LogP contribution in [0.4, 0.5) is 11.4 Å². The fourth-order valence-corrected chi connectivity index (χ4v) is 1.81. The first-order valence-corrected chi connectivity index (χ1v) is 6.51. The molecule has 21 heavy (non-hydrogen) atoms. The molecule has 3 N–H and O–H groups in total. The van der Waals surface area contributed by atoms with Gasteiger partial charge in [-0.15, -0.1) is 0 Å². The first kappa shape index (κ1) is 14.7. The van der Waals surface area contributed by atoms with E-state index in [0.717, 1.165) is 11.3 Å². The van der Waals surface area contributed by atoms with E-state index in [1.165, 1.54) is 0 Å². The van der Waals surface area contributed by atoms with Crippen molar-refractivity contribution in [1.82, 2.24) is 0 Å². The smallest absolute Gasteiger partial charge is 0.262 e. The number of anilines is 2. The molecule has 0 unspecified atom stereocenters. The molecule has 0 aliphatic carbocycles. The summed E-state index contributed by atoms with van der Waals surface area (Å²) in [6.07, 6.45) is 0. The quantitative estimate of drug-likeness (QED) is 0.829. The van der Waals surface area contributed by atoms with Crippen LogP contribution in [0.25, 0.3) is 0 Å². The van der Waals surface area contributed by atoms with Crippen LogP contribution < -0.4 is 20.5 Å². The molecule has 0 spiro atoms. The lowest BCUT2D eigenvalue weighted by Gasteiger charge is -2.10. The highest BCUT2D eigenvalue weighted by Gasteiger charge is 2.06. The van der Waals surface area contributed by atoms with E-state index in [-0.39, 0.29) is 12.5 Å². The zero-order valence-corrected chi connectivity index (χ0v) is 12.1. The van der Waals surface area contributed by atoms with Gasteiger partial charge >= 0.3 is 0 Å². The number of aryl methyl sites for hydroxylation is 1. The zero-order valence-electron chi connectivity index (χ0n) is 12.1. The average Bonchev–Trinajstić information content (AvgIpc) is 2.47. The van der Waals surface area contributed by atoms with Crippen LogP contribution in [0.1, 0.15) is 5.56 Å². The molecule has 0 fully saturated rings. The third-order valence-electron chi connectivity index (χ3n) is 2.90. The van der Waals surface area contributed by atoms with Crippen molar-refractivity contribution in [3.8, 4) is 11.5 Å². The Balaban J connectivity index is 1.89. The molecule has 2 aromatic rings. The summed E-state index contributed by atoms with van der Waals surface area (Å²) in [4.78, 5) is 11.8. The zero-order chi connectivity index (χ0) is 15.2. The van der Waals surface area contributed by atoms with Gasteiger partial charge in [0.1, 0.15) is 11.5 Å². The van der Waals surface area contributed by atoms with Gasteiger partial charge in [-0.05, 0) is 48.9 Å². The van der Waals surface area contributed by atoms with Crippen LogP contribution in [0.5, 0.6) is 11.5 Å². The summed E-state index contributed by atoms with van der Waals surface area (Å²) in [6, 6.07) is 12.5. The Bertz CT molecular complexity index is 624. The van der Waals surface area contributed by atoms with Gasteiger partial charge in [0.05, 0.1) is 12.8 Å². The Kier molecular flexibility index (Phi) is 4.66. The molecule has 5 nitrogen and oxygen atoms in total. The van der Waals surface area contributed by atoms with E-state index >= 15 is 0 Å². The van der Waals surface area contributed by atoms with Crippen LogP contribution in [0.3, 0.4) is 0 Å². The Morgan fingerprint density at radius 2 is 1.90 bits per heavy atom. The predicted octanol–water partition coefficient (Wildman–Crippen LogP) is 2.60. The van der Waals surface area contributed by atoms with Crippen LogP contribution in [0, 0.1) is 6.92 Å². The van der Waals surface area contributed by atoms with E-state index in [0.29, 0.717) is 17.1 Å². The van der Waals surface area contributed by atoms with Crippen LogP contribution >= 0.6 is 0 Å². The molecule has 1 amide bonds. The van der Waals surface area contributed by atoms with Crippen molar-refractivity contribution >= 4 is 17.3 Å². The molecular weight excluding hydrogens is 268 g/mol. The minimum Gasteiger partial charge on any atom is -0.497 e. The number of nitrogens with two attached hydrogens (primary N) is 1. The molecule has 0 bridgehead atoms. The van der Waals surface area contributed by atoms with Gasteiger partial charge in [-0.25, -0.2) is 0 Å². The van der Waals surface area contributed by atoms with Crippen LogP contribution in [0.15, 0.2) is 42.5 Å². The van der Waals surface area contributed by atoms with Crippen molar-refractivity contribution in [3.05, 3.63) is 48.0 Å². The molecule has 110 valence electrons. The monoisotopic (exact) mass is 286 g/mol. The van der Waals surface area contributed by atoms with E-state index in [1.807, 2.05) is 13.0 Å². The minimum atomic E-state index is -0.250. The number of ether oxygens (including phenoxy) is 2. The fourth-order valence-electron chi connectivity index (χ4n) is 1.81. The Morgan fingerprint density at radius 1 is 1.19 bits per heavy atom. The molecule has 0 heterocycles. The van der Waals surface area contributed by atoms with Crippen molar-refractivity contribution < 1.29 is 14.3 Å². The van der Waals surface area contributed by atoms with Crippen molar-refractivity contribution in [2.45, 2.75) is 6.92 Å². The molecule has 0 aliphatic rings. The second-order valence-electron chi connectivity index (χ2n) is 4.61. The molecule has 0 aromatic heterocycles. The predicted molar refractivity (Wildman–Crippen MR) is 82.7 cm³/mol. The van der Waals surface area contributed by atoms with Crippen molar-refractivity contribution in [2.75, 3.05) is 24.8 Å². The molecule has 2 rings (SSSR count). The summed E-state index contributed by atoms with van der Waals surface area (Å²) in [5.41, 5.74) is 8.07. The van der Waals surface area contributed by atoms with Gasteiger partial charge in [0, 0.05) is 5.69 Å². The SMILES string of the molecule is COc1ccc(NC(=O)COc2ccc(C)cc2N)cc1. The second kappa shape index (κ2) is 6.65. The molecular formula is C16H18N2O3. The lowest BCUT2D eigenvalue weighted by molar-refractivity contribution is -0.118. The van der Waals surface area contributed by atoms with Crippen LogP contribution in [-0.2, 0) is 4.79 Å². The number of amides is 1. The van der Waals surface area contributed by atoms with Crippen molar-refractivity contribution in [3.63, 3.8) is 0 Å². The average molecular weight is 286 g/mol. The van der Waals surface area contributed by atoms with Gasteiger partial charge in [0.2, 0.25) is 0 Å². The maximum absolute atomic E-state index is 11.8. The minimum absolute atomic E-state index is 0.0979. The van der Waals surface area contributed by atoms with Gasteiger partial charge in [0.15, 0.2) is 6.61 Å². The van der Waals surface area contributed by atoms with E-state index in [2.05, 4.69) is 5.32 Å². The summed E-state index contributed by atoms with van der Waals surface area (Å²) < 4.78 is 10.5. The summed E-state index contributed by atoms with van der Waals surface area (Å²) in [7, 11) is 1.59. The van der Waals surface area contributed by atoms with Crippen LogP contribution in [0.2, 0.25) is 0 Å². The molecule has 0 saturated carbocycles. The number of nitrogen functional groups attached to an aromatic ring is 1. The Morgan fingerprint density at radius 3 is 2.52 bits per heavy atom. The highest BCUT2D eigenvalue weighted by molar-refractivity contribution is 5.92. The van der Waals surface area contributed by atoms with Gasteiger partial charge in [-0.3, -0.25) is 4.79 Å². The Hall–Kier alpha value is -2.69. The third-order valence-corrected chi connectivity index (χ3v) is 2.90. The maximum atomic E-state index is 11.8. The summed E-state index contributed by atoms with van der Waals surface area (Å²) in [5.74, 6) is 0.988. The molecule has 5 heteroatoms. The summed E-state index contributed by atoms with van der Waals surface area (Å²) in [5, 5.41) is 2.73. The van der Waals surface area contributed by atoms with Gasteiger partial charge < -0.3 is 20.5 Å². The van der Waals surface area contributed by atoms with E-state index in [4.69, 9.17) is 15.2 Å². The molecule has 0 radical (unpaired) electrons.